The van der Waals surface area contributed by atoms with E-state index >= 15 is 0 Å². The first-order valence-corrected chi connectivity index (χ1v) is 10.8. The van der Waals surface area contributed by atoms with Crippen LogP contribution in [0.5, 0.6) is 0 Å². The van der Waals surface area contributed by atoms with Crippen molar-refractivity contribution in [1.29, 1.82) is 0 Å². The summed E-state index contributed by atoms with van der Waals surface area (Å²) in [6.45, 7) is 2.57. The molecule has 0 aromatic heterocycles. The average Bonchev–Trinajstić information content (AvgIpc) is 2.60. The second-order valence-electron chi connectivity index (χ2n) is 5.99. The predicted molar refractivity (Wildman–Crippen MR) is 107 cm³/mol. The van der Waals surface area contributed by atoms with Crippen LogP contribution >= 0.6 is 46.4 Å². The molecule has 1 heterocycles. The van der Waals surface area contributed by atoms with Gasteiger partial charge in [-0.1, -0.05) is 52.5 Å². The van der Waals surface area contributed by atoms with Crippen LogP contribution in [0.4, 0.5) is 0 Å². The molecule has 1 aliphatic heterocycles. The van der Waals surface area contributed by atoms with E-state index in [-0.39, 0.29) is 9.92 Å². The van der Waals surface area contributed by atoms with Gasteiger partial charge in [-0.05, 0) is 35.9 Å². The fraction of sp³-hybridized carbons (Fsp3) is 0.294. The number of sulfonamides is 1. The molecule has 1 aliphatic rings. The van der Waals surface area contributed by atoms with Gasteiger partial charge in [-0.3, -0.25) is 4.90 Å². The zero-order valence-corrected chi connectivity index (χ0v) is 17.5. The Bertz CT molecular complexity index is 913. The molecule has 1 fully saturated rings. The van der Waals surface area contributed by atoms with Crippen LogP contribution in [0.25, 0.3) is 0 Å². The highest BCUT2D eigenvalue weighted by Crippen LogP contribution is 2.29. The van der Waals surface area contributed by atoms with E-state index in [9.17, 15) is 8.42 Å². The minimum Gasteiger partial charge on any atom is -0.296 e. The first kappa shape index (κ1) is 20.2. The Labute approximate surface area is 173 Å². The summed E-state index contributed by atoms with van der Waals surface area (Å²) in [6, 6.07) is 9.84. The van der Waals surface area contributed by atoms with Crippen LogP contribution in [0.2, 0.25) is 20.1 Å². The Balaban J connectivity index is 1.69. The number of nitrogens with zero attached hydrogens (tertiary/aromatic N) is 2. The average molecular weight is 454 g/mol. The monoisotopic (exact) mass is 452 g/mol. The Morgan fingerprint density at radius 2 is 1.42 bits per heavy atom. The van der Waals surface area contributed by atoms with E-state index in [2.05, 4.69) is 4.90 Å². The topological polar surface area (TPSA) is 40.6 Å². The molecule has 26 heavy (non-hydrogen) atoms. The number of hydrogen-bond donors (Lipinski definition) is 0. The highest BCUT2D eigenvalue weighted by Gasteiger charge is 2.30. The van der Waals surface area contributed by atoms with Gasteiger partial charge in [0.2, 0.25) is 10.0 Å². The van der Waals surface area contributed by atoms with Gasteiger partial charge in [0.25, 0.3) is 0 Å². The molecule has 0 amide bonds. The SMILES string of the molecule is O=S(=O)(c1cc(Cl)ccc1Cl)N1CCN(Cc2ccc(Cl)cc2Cl)CC1. The van der Waals surface area contributed by atoms with E-state index in [1.165, 1.54) is 16.4 Å². The lowest BCUT2D eigenvalue weighted by molar-refractivity contribution is 0.181. The van der Waals surface area contributed by atoms with Gasteiger partial charge < -0.3 is 0 Å². The fourth-order valence-corrected chi connectivity index (χ4v) is 5.46. The maximum atomic E-state index is 12.8. The van der Waals surface area contributed by atoms with E-state index in [0.717, 1.165) is 5.56 Å². The van der Waals surface area contributed by atoms with Crippen molar-refractivity contribution in [2.24, 2.45) is 0 Å². The van der Waals surface area contributed by atoms with Gasteiger partial charge in [0.15, 0.2) is 0 Å². The number of hydrogen-bond acceptors (Lipinski definition) is 3. The second-order valence-corrected chi connectivity index (χ2v) is 9.58. The molecule has 9 heteroatoms. The summed E-state index contributed by atoms with van der Waals surface area (Å²) in [4.78, 5) is 2.20. The third kappa shape index (κ3) is 4.47. The number of piperazine rings is 1. The zero-order chi connectivity index (χ0) is 18.9. The van der Waals surface area contributed by atoms with Gasteiger partial charge in [0, 0.05) is 47.8 Å². The molecule has 0 N–H and O–H groups in total. The van der Waals surface area contributed by atoms with Gasteiger partial charge in [-0.2, -0.15) is 4.31 Å². The Morgan fingerprint density at radius 3 is 2.08 bits per heavy atom. The zero-order valence-electron chi connectivity index (χ0n) is 13.6. The Morgan fingerprint density at radius 1 is 0.808 bits per heavy atom. The molecule has 0 radical (unpaired) electrons. The third-order valence-electron chi connectivity index (χ3n) is 4.25. The fourth-order valence-electron chi connectivity index (χ4n) is 2.83. The Hall–Kier alpha value is -0.530. The van der Waals surface area contributed by atoms with E-state index in [4.69, 9.17) is 46.4 Å². The van der Waals surface area contributed by atoms with Crippen molar-refractivity contribution in [2.75, 3.05) is 26.2 Å². The largest absolute Gasteiger partial charge is 0.296 e. The van der Waals surface area contributed by atoms with E-state index in [1.807, 2.05) is 6.07 Å². The third-order valence-corrected chi connectivity index (χ3v) is 7.45. The summed E-state index contributed by atoms with van der Waals surface area (Å²) >= 11 is 24.1. The van der Waals surface area contributed by atoms with Gasteiger partial charge >= 0.3 is 0 Å². The van der Waals surface area contributed by atoms with Gasteiger partial charge in [-0.25, -0.2) is 8.42 Å². The van der Waals surface area contributed by atoms with Crippen molar-refractivity contribution in [2.45, 2.75) is 11.4 Å². The maximum absolute atomic E-state index is 12.8. The van der Waals surface area contributed by atoms with Crippen LogP contribution in [0.15, 0.2) is 41.3 Å². The normalized spacial score (nSPS) is 16.8. The summed E-state index contributed by atoms with van der Waals surface area (Å²) in [6.07, 6.45) is 0. The van der Waals surface area contributed by atoms with Crippen LogP contribution < -0.4 is 0 Å². The van der Waals surface area contributed by atoms with Crippen LogP contribution in [0.3, 0.4) is 0 Å². The lowest BCUT2D eigenvalue weighted by Crippen LogP contribution is -2.48. The molecule has 0 unspecified atom stereocenters. The van der Waals surface area contributed by atoms with Crippen molar-refractivity contribution in [3.8, 4) is 0 Å². The first-order valence-electron chi connectivity index (χ1n) is 7.89. The number of benzene rings is 2. The van der Waals surface area contributed by atoms with Crippen molar-refractivity contribution in [1.82, 2.24) is 9.21 Å². The van der Waals surface area contributed by atoms with Gasteiger partial charge in [0.05, 0.1) is 5.02 Å². The highest BCUT2D eigenvalue weighted by atomic mass is 35.5. The van der Waals surface area contributed by atoms with Crippen LogP contribution in [-0.2, 0) is 16.6 Å². The van der Waals surface area contributed by atoms with E-state index in [1.54, 1.807) is 18.2 Å². The van der Waals surface area contributed by atoms with E-state index < -0.39 is 10.0 Å². The summed E-state index contributed by atoms with van der Waals surface area (Å²) in [5.74, 6) is 0. The molecule has 0 saturated carbocycles. The summed E-state index contributed by atoms with van der Waals surface area (Å²) < 4.78 is 27.1. The number of rotatable bonds is 4. The summed E-state index contributed by atoms with van der Waals surface area (Å²) in [5.41, 5.74) is 0.963. The minimum atomic E-state index is -3.68. The lowest BCUT2D eigenvalue weighted by atomic mass is 10.2. The van der Waals surface area contributed by atoms with Crippen molar-refractivity contribution >= 4 is 56.4 Å². The molecule has 0 atom stereocenters. The standard InChI is InChI=1S/C17H16Cl4N2O2S/c18-13-2-1-12(16(21)9-13)11-22-5-7-23(8-6-22)26(24,25)17-10-14(19)3-4-15(17)20/h1-4,9-10H,5-8,11H2. The van der Waals surface area contributed by atoms with Crippen LogP contribution in [-0.4, -0.2) is 43.8 Å². The molecule has 0 spiro atoms. The van der Waals surface area contributed by atoms with Crippen molar-refractivity contribution in [3.05, 3.63) is 62.1 Å². The van der Waals surface area contributed by atoms with E-state index in [0.29, 0.717) is 47.8 Å². The minimum absolute atomic E-state index is 0.0425. The van der Waals surface area contributed by atoms with Crippen molar-refractivity contribution in [3.63, 3.8) is 0 Å². The van der Waals surface area contributed by atoms with Gasteiger partial charge in [0.1, 0.15) is 4.90 Å². The Kier molecular flexibility index (Phi) is 6.40. The molecular weight excluding hydrogens is 438 g/mol. The molecule has 0 aliphatic carbocycles. The molecule has 1 saturated heterocycles. The summed E-state index contributed by atoms with van der Waals surface area (Å²) in [7, 11) is -3.68. The molecule has 2 aromatic rings. The molecule has 4 nitrogen and oxygen atoms in total. The smallest absolute Gasteiger partial charge is 0.244 e. The van der Waals surface area contributed by atoms with Crippen LogP contribution in [0.1, 0.15) is 5.56 Å². The number of halogens is 4. The molecule has 3 rings (SSSR count). The molecular formula is C17H16Cl4N2O2S. The maximum Gasteiger partial charge on any atom is 0.244 e. The summed E-state index contributed by atoms with van der Waals surface area (Å²) in [5, 5.41) is 1.71. The predicted octanol–water partition coefficient (Wildman–Crippen LogP) is 4.81. The van der Waals surface area contributed by atoms with Crippen LogP contribution in [0, 0.1) is 0 Å². The highest BCUT2D eigenvalue weighted by molar-refractivity contribution is 7.89. The molecule has 0 bridgehead atoms. The van der Waals surface area contributed by atoms with Crippen molar-refractivity contribution < 1.29 is 8.42 Å². The quantitative estimate of drug-likeness (QED) is 0.667. The second kappa shape index (κ2) is 8.23. The lowest BCUT2D eigenvalue weighted by Gasteiger charge is -2.34. The van der Waals surface area contributed by atoms with Gasteiger partial charge in [-0.15, -0.1) is 0 Å². The molecule has 140 valence electrons. The first-order chi connectivity index (χ1) is 12.3. The molecule has 2 aromatic carbocycles.